The molecule has 3 aromatic rings. The Morgan fingerprint density at radius 3 is 2.65 bits per heavy atom. The van der Waals surface area contributed by atoms with Crippen molar-refractivity contribution in [3.8, 4) is 23.0 Å². The molecule has 0 amide bonds. The summed E-state index contributed by atoms with van der Waals surface area (Å²) in [5.74, 6) is 2.30. The molecular weight excluding hydrogens is 295 g/mol. The standard InChI is InChI=1S/C19H11FO3/c1-10-13-4-3-12(20)7-18(13)23-17-6-11-2-5-16-19(22-9-21-16)15(11)8-14(10)17/h2-8H,1,9H2. The van der Waals surface area contributed by atoms with Crippen molar-refractivity contribution in [2.24, 2.45) is 0 Å². The van der Waals surface area contributed by atoms with Crippen LogP contribution in [-0.2, 0) is 0 Å². The first-order chi connectivity index (χ1) is 11.2. The number of fused-ring (bicyclic) bond motifs is 5. The predicted octanol–water partition coefficient (Wildman–Crippen LogP) is 4.87. The van der Waals surface area contributed by atoms with E-state index in [1.807, 2.05) is 24.3 Å². The van der Waals surface area contributed by atoms with Crippen molar-refractivity contribution in [1.29, 1.82) is 0 Å². The predicted molar refractivity (Wildman–Crippen MR) is 84.7 cm³/mol. The summed E-state index contributed by atoms with van der Waals surface area (Å²) in [6.07, 6.45) is 0. The fourth-order valence-corrected chi connectivity index (χ4v) is 3.13. The van der Waals surface area contributed by atoms with E-state index in [1.165, 1.54) is 12.1 Å². The van der Waals surface area contributed by atoms with E-state index in [1.54, 1.807) is 6.07 Å². The first-order valence-corrected chi connectivity index (χ1v) is 7.24. The fraction of sp³-hybridized carbons (Fsp3) is 0.0526. The quantitative estimate of drug-likeness (QED) is 0.463. The number of rotatable bonds is 0. The van der Waals surface area contributed by atoms with Crippen LogP contribution >= 0.6 is 0 Å². The minimum absolute atomic E-state index is 0.227. The zero-order valence-corrected chi connectivity index (χ0v) is 12.1. The van der Waals surface area contributed by atoms with Crippen molar-refractivity contribution in [2.45, 2.75) is 0 Å². The normalized spacial score (nSPS) is 14.4. The molecule has 0 spiro atoms. The summed E-state index contributed by atoms with van der Waals surface area (Å²) in [5.41, 5.74) is 2.48. The van der Waals surface area contributed by atoms with E-state index >= 15 is 0 Å². The lowest BCUT2D eigenvalue weighted by atomic mass is 9.93. The summed E-state index contributed by atoms with van der Waals surface area (Å²) >= 11 is 0. The molecule has 0 radical (unpaired) electrons. The van der Waals surface area contributed by atoms with Crippen LogP contribution in [0.4, 0.5) is 4.39 Å². The summed E-state index contributed by atoms with van der Waals surface area (Å²) in [7, 11) is 0. The molecule has 0 saturated heterocycles. The van der Waals surface area contributed by atoms with E-state index in [-0.39, 0.29) is 12.6 Å². The number of hydrogen-bond donors (Lipinski definition) is 0. The van der Waals surface area contributed by atoms with Crippen molar-refractivity contribution < 1.29 is 18.6 Å². The third-order valence-corrected chi connectivity index (χ3v) is 4.27. The van der Waals surface area contributed by atoms with E-state index < -0.39 is 0 Å². The number of halogens is 1. The molecule has 3 nitrogen and oxygen atoms in total. The second-order valence-electron chi connectivity index (χ2n) is 5.59. The largest absolute Gasteiger partial charge is 0.456 e. The van der Waals surface area contributed by atoms with Crippen molar-refractivity contribution in [2.75, 3.05) is 6.79 Å². The highest BCUT2D eigenvalue weighted by Crippen LogP contribution is 2.47. The molecule has 0 atom stereocenters. The van der Waals surface area contributed by atoms with Gasteiger partial charge in [-0.15, -0.1) is 0 Å². The SMILES string of the molecule is C=C1c2ccc(F)cc2Oc2cc3ccc4c(c3cc21)OCO4. The molecule has 2 aliphatic heterocycles. The molecule has 2 aliphatic rings. The maximum atomic E-state index is 13.5. The summed E-state index contributed by atoms with van der Waals surface area (Å²) in [6, 6.07) is 12.2. The van der Waals surface area contributed by atoms with E-state index in [0.29, 0.717) is 11.5 Å². The lowest BCUT2D eigenvalue weighted by Gasteiger charge is -2.23. The number of benzene rings is 3. The van der Waals surface area contributed by atoms with E-state index in [4.69, 9.17) is 14.2 Å². The van der Waals surface area contributed by atoms with Crippen molar-refractivity contribution in [3.05, 3.63) is 66.0 Å². The van der Waals surface area contributed by atoms with Crippen LogP contribution in [0.2, 0.25) is 0 Å². The van der Waals surface area contributed by atoms with Gasteiger partial charge in [-0.25, -0.2) is 4.39 Å². The molecule has 0 unspecified atom stereocenters. The van der Waals surface area contributed by atoms with Crippen LogP contribution in [0.25, 0.3) is 16.3 Å². The number of hydrogen-bond acceptors (Lipinski definition) is 3. The summed E-state index contributed by atoms with van der Waals surface area (Å²) in [4.78, 5) is 0. The minimum atomic E-state index is -0.329. The highest BCUT2D eigenvalue weighted by molar-refractivity contribution is 5.98. The Hall–Kier alpha value is -3.01. The molecule has 112 valence electrons. The van der Waals surface area contributed by atoms with E-state index in [0.717, 1.165) is 39.0 Å². The van der Waals surface area contributed by atoms with Crippen LogP contribution in [0.1, 0.15) is 11.1 Å². The maximum absolute atomic E-state index is 13.5. The van der Waals surface area contributed by atoms with Crippen molar-refractivity contribution in [1.82, 2.24) is 0 Å². The minimum Gasteiger partial charge on any atom is -0.456 e. The Kier molecular flexibility index (Phi) is 2.32. The van der Waals surface area contributed by atoms with Gasteiger partial charge < -0.3 is 14.2 Å². The molecule has 0 bridgehead atoms. The molecule has 0 N–H and O–H groups in total. The summed E-state index contributed by atoms with van der Waals surface area (Å²) in [5, 5.41) is 1.93. The lowest BCUT2D eigenvalue weighted by Crippen LogP contribution is -2.02. The van der Waals surface area contributed by atoms with Crippen LogP contribution in [0.15, 0.2) is 49.0 Å². The second kappa shape index (κ2) is 4.26. The van der Waals surface area contributed by atoms with Gasteiger partial charge in [0.15, 0.2) is 11.5 Å². The molecule has 23 heavy (non-hydrogen) atoms. The number of ether oxygens (including phenoxy) is 3. The molecule has 0 aliphatic carbocycles. The Balaban J connectivity index is 1.77. The van der Waals surface area contributed by atoms with Crippen LogP contribution in [0, 0.1) is 5.82 Å². The molecule has 0 aromatic heterocycles. The average Bonchev–Trinajstić information content (AvgIpc) is 3.02. The van der Waals surface area contributed by atoms with E-state index in [9.17, 15) is 4.39 Å². The van der Waals surface area contributed by atoms with Gasteiger partial charge in [0.25, 0.3) is 0 Å². The smallest absolute Gasteiger partial charge is 0.231 e. The molecule has 2 heterocycles. The maximum Gasteiger partial charge on any atom is 0.231 e. The Bertz CT molecular complexity index is 1010. The Morgan fingerprint density at radius 1 is 0.870 bits per heavy atom. The van der Waals surface area contributed by atoms with Crippen molar-refractivity contribution >= 4 is 16.3 Å². The molecule has 3 aromatic carbocycles. The van der Waals surface area contributed by atoms with Crippen molar-refractivity contribution in [3.63, 3.8) is 0 Å². The lowest BCUT2D eigenvalue weighted by molar-refractivity contribution is 0.175. The monoisotopic (exact) mass is 306 g/mol. The summed E-state index contributed by atoms with van der Waals surface area (Å²) in [6.45, 7) is 4.38. The molecule has 0 saturated carbocycles. The first kappa shape index (κ1) is 12.5. The molecule has 5 rings (SSSR count). The van der Waals surface area contributed by atoms with Crippen LogP contribution < -0.4 is 14.2 Å². The highest BCUT2D eigenvalue weighted by Gasteiger charge is 2.24. The highest BCUT2D eigenvalue weighted by atomic mass is 19.1. The van der Waals surface area contributed by atoms with Gasteiger partial charge in [-0.05, 0) is 41.3 Å². The fourth-order valence-electron chi connectivity index (χ4n) is 3.13. The van der Waals surface area contributed by atoms with Gasteiger partial charge in [0.05, 0.1) is 0 Å². The van der Waals surface area contributed by atoms with Gasteiger partial charge in [-0.2, -0.15) is 0 Å². The first-order valence-electron chi connectivity index (χ1n) is 7.24. The molecule has 0 fully saturated rings. The topological polar surface area (TPSA) is 27.7 Å². The van der Waals surface area contributed by atoms with E-state index in [2.05, 4.69) is 6.58 Å². The second-order valence-corrected chi connectivity index (χ2v) is 5.59. The third-order valence-electron chi connectivity index (χ3n) is 4.27. The molecular formula is C19H11FO3. The van der Waals surface area contributed by atoms with Gasteiger partial charge >= 0.3 is 0 Å². The Labute approximate surface area is 131 Å². The zero-order valence-electron chi connectivity index (χ0n) is 12.1. The van der Waals surface area contributed by atoms with Gasteiger partial charge in [0.1, 0.15) is 17.3 Å². The van der Waals surface area contributed by atoms with Crippen LogP contribution in [0.5, 0.6) is 23.0 Å². The Morgan fingerprint density at radius 2 is 1.74 bits per heavy atom. The average molecular weight is 306 g/mol. The van der Waals surface area contributed by atoms with Gasteiger partial charge in [0.2, 0.25) is 6.79 Å². The van der Waals surface area contributed by atoms with Crippen LogP contribution in [0.3, 0.4) is 0 Å². The molecule has 4 heteroatoms. The van der Waals surface area contributed by atoms with Gasteiger partial charge in [-0.3, -0.25) is 0 Å². The summed E-state index contributed by atoms with van der Waals surface area (Å²) < 4.78 is 30.4. The van der Waals surface area contributed by atoms with Gasteiger partial charge in [-0.1, -0.05) is 12.6 Å². The third kappa shape index (κ3) is 1.69. The zero-order chi connectivity index (χ0) is 15.6. The van der Waals surface area contributed by atoms with Gasteiger partial charge in [0, 0.05) is 22.6 Å². The van der Waals surface area contributed by atoms with Crippen LogP contribution in [-0.4, -0.2) is 6.79 Å².